The fraction of sp³-hybridized carbons (Fsp3) is 0.0909. The van der Waals surface area contributed by atoms with Gasteiger partial charge in [0.1, 0.15) is 17.7 Å². The number of benzene rings is 1. The number of nitrogens with zero attached hydrogens (tertiary/aromatic N) is 2. The maximum absolute atomic E-state index is 13.6. The van der Waals surface area contributed by atoms with Gasteiger partial charge in [0.2, 0.25) is 0 Å². The molecule has 6 heteroatoms. The van der Waals surface area contributed by atoms with Crippen molar-refractivity contribution in [3.63, 3.8) is 0 Å². The Morgan fingerprint density at radius 1 is 1.18 bits per heavy atom. The van der Waals surface area contributed by atoms with E-state index in [0.29, 0.717) is 0 Å². The third kappa shape index (κ3) is 2.48. The summed E-state index contributed by atoms with van der Waals surface area (Å²) in [5, 5.41) is 9.85. The van der Waals surface area contributed by atoms with Crippen LogP contribution in [-0.2, 0) is 0 Å². The fourth-order valence-electron chi connectivity index (χ4n) is 1.41. The van der Waals surface area contributed by atoms with Crippen LogP contribution in [-0.4, -0.2) is 15.1 Å². The average molecular weight is 301 g/mol. The summed E-state index contributed by atoms with van der Waals surface area (Å²) in [7, 11) is 0. The lowest BCUT2D eigenvalue weighted by atomic mass is 10.1. The molecule has 0 aliphatic heterocycles. The van der Waals surface area contributed by atoms with E-state index in [0.717, 1.165) is 12.1 Å². The highest BCUT2D eigenvalue weighted by atomic mass is 79.9. The smallest absolute Gasteiger partial charge is 0.133 e. The molecule has 0 saturated carbocycles. The Bertz CT molecular complexity index is 513. The lowest BCUT2D eigenvalue weighted by Gasteiger charge is -2.12. The standard InChI is InChI=1S/C11H7BrF2N2O/c12-6-3-7(13)10(8(14)4-6)11(17)9-5-15-1-2-16-9/h1-5,11,17H. The summed E-state index contributed by atoms with van der Waals surface area (Å²) in [6.45, 7) is 0. The second-order valence-corrected chi connectivity index (χ2v) is 4.23. The highest BCUT2D eigenvalue weighted by Gasteiger charge is 2.21. The van der Waals surface area contributed by atoms with E-state index in [1.165, 1.54) is 18.6 Å². The highest BCUT2D eigenvalue weighted by Crippen LogP contribution is 2.27. The van der Waals surface area contributed by atoms with Gasteiger partial charge in [-0.3, -0.25) is 9.97 Å². The maximum Gasteiger partial charge on any atom is 0.133 e. The monoisotopic (exact) mass is 300 g/mol. The van der Waals surface area contributed by atoms with Crippen LogP contribution in [0.2, 0.25) is 0 Å². The minimum atomic E-state index is -1.48. The van der Waals surface area contributed by atoms with E-state index < -0.39 is 23.3 Å². The van der Waals surface area contributed by atoms with Gasteiger partial charge in [-0.25, -0.2) is 8.78 Å². The molecular weight excluding hydrogens is 294 g/mol. The molecule has 88 valence electrons. The van der Waals surface area contributed by atoms with Crippen LogP contribution in [0.25, 0.3) is 0 Å². The Morgan fingerprint density at radius 2 is 1.82 bits per heavy atom. The summed E-state index contributed by atoms with van der Waals surface area (Å²) in [6, 6.07) is 2.16. The van der Waals surface area contributed by atoms with Crippen LogP contribution in [0.5, 0.6) is 0 Å². The van der Waals surface area contributed by atoms with E-state index in [1.54, 1.807) is 0 Å². The molecule has 3 nitrogen and oxygen atoms in total. The number of aliphatic hydroxyl groups excluding tert-OH is 1. The summed E-state index contributed by atoms with van der Waals surface area (Å²) in [4.78, 5) is 7.53. The van der Waals surface area contributed by atoms with Crippen LogP contribution in [0.3, 0.4) is 0 Å². The van der Waals surface area contributed by atoms with Crippen molar-refractivity contribution in [2.45, 2.75) is 6.10 Å². The summed E-state index contributed by atoms with van der Waals surface area (Å²) in [5.41, 5.74) is -0.346. The van der Waals surface area contributed by atoms with E-state index >= 15 is 0 Å². The molecular formula is C11H7BrF2N2O. The summed E-state index contributed by atoms with van der Waals surface area (Å²) in [5.74, 6) is -1.68. The zero-order chi connectivity index (χ0) is 12.4. The molecule has 0 radical (unpaired) electrons. The third-order valence-electron chi connectivity index (χ3n) is 2.18. The molecule has 0 fully saturated rings. The first kappa shape index (κ1) is 12.1. The molecule has 1 unspecified atom stereocenters. The first-order valence-corrected chi connectivity index (χ1v) is 5.47. The van der Waals surface area contributed by atoms with E-state index in [4.69, 9.17) is 0 Å². The van der Waals surface area contributed by atoms with Gasteiger partial charge in [0.25, 0.3) is 0 Å². The van der Waals surface area contributed by atoms with E-state index in [-0.39, 0.29) is 10.2 Å². The topological polar surface area (TPSA) is 46.0 Å². The van der Waals surface area contributed by atoms with Crippen LogP contribution < -0.4 is 0 Å². The zero-order valence-corrected chi connectivity index (χ0v) is 10.0. The van der Waals surface area contributed by atoms with Gasteiger partial charge in [-0.1, -0.05) is 15.9 Å². The van der Waals surface area contributed by atoms with Crippen molar-refractivity contribution >= 4 is 15.9 Å². The number of aromatic nitrogens is 2. The first-order chi connectivity index (χ1) is 8.09. The van der Waals surface area contributed by atoms with Gasteiger partial charge in [0.15, 0.2) is 0 Å². The Balaban J connectivity index is 2.48. The average Bonchev–Trinajstić information content (AvgIpc) is 2.28. The number of rotatable bonds is 2. The lowest BCUT2D eigenvalue weighted by molar-refractivity contribution is 0.203. The van der Waals surface area contributed by atoms with Crippen molar-refractivity contribution in [2.24, 2.45) is 0 Å². The van der Waals surface area contributed by atoms with E-state index in [1.807, 2.05) is 0 Å². The predicted octanol–water partition coefficient (Wildman–Crippen LogP) is 2.60. The Morgan fingerprint density at radius 3 is 2.35 bits per heavy atom. The summed E-state index contributed by atoms with van der Waals surface area (Å²) >= 11 is 2.96. The SMILES string of the molecule is OC(c1cnccn1)c1c(F)cc(Br)cc1F. The third-order valence-corrected chi connectivity index (χ3v) is 2.64. The second kappa shape index (κ2) is 4.85. The number of hydrogen-bond acceptors (Lipinski definition) is 3. The predicted molar refractivity (Wildman–Crippen MR) is 60.2 cm³/mol. The molecule has 0 spiro atoms. The fourth-order valence-corrected chi connectivity index (χ4v) is 1.82. The molecule has 0 aliphatic carbocycles. The van der Waals surface area contributed by atoms with Crippen molar-refractivity contribution in [2.75, 3.05) is 0 Å². The summed E-state index contributed by atoms with van der Waals surface area (Å²) < 4.78 is 27.4. The number of aliphatic hydroxyl groups is 1. The van der Waals surface area contributed by atoms with Gasteiger partial charge in [-0.2, -0.15) is 0 Å². The van der Waals surface area contributed by atoms with Gasteiger partial charge < -0.3 is 5.11 Å². The van der Waals surface area contributed by atoms with Gasteiger partial charge in [-0.05, 0) is 12.1 Å². The molecule has 0 aliphatic rings. The number of hydrogen-bond donors (Lipinski definition) is 1. The molecule has 0 saturated heterocycles. The lowest BCUT2D eigenvalue weighted by Crippen LogP contribution is -2.08. The molecule has 0 bridgehead atoms. The highest BCUT2D eigenvalue weighted by molar-refractivity contribution is 9.10. The van der Waals surface area contributed by atoms with E-state index in [9.17, 15) is 13.9 Å². The maximum atomic E-state index is 13.6. The van der Waals surface area contributed by atoms with Gasteiger partial charge in [0.05, 0.1) is 17.5 Å². The van der Waals surface area contributed by atoms with Gasteiger partial charge in [-0.15, -0.1) is 0 Å². The molecule has 0 amide bonds. The Kier molecular flexibility index (Phi) is 3.44. The van der Waals surface area contributed by atoms with Crippen molar-refractivity contribution in [1.29, 1.82) is 0 Å². The molecule has 1 aromatic carbocycles. The molecule has 1 aromatic heterocycles. The zero-order valence-electron chi connectivity index (χ0n) is 8.44. The largest absolute Gasteiger partial charge is 0.382 e. The minimum absolute atomic E-state index is 0.0904. The van der Waals surface area contributed by atoms with Crippen LogP contribution in [0.4, 0.5) is 8.78 Å². The van der Waals surface area contributed by atoms with Crippen LogP contribution in [0, 0.1) is 11.6 Å². The van der Waals surface area contributed by atoms with E-state index in [2.05, 4.69) is 25.9 Å². The Labute approximate surface area is 104 Å². The van der Waals surface area contributed by atoms with Crippen molar-refractivity contribution in [1.82, 2.24) is 9.97 Å². The number of halogens is 3. The molecule has 2 rings (SSSR count). The second-order valence-electron chi connectivity index (χ2n) is 3.32. The van der Waals surface area contributed by atoms with Crippen molar-refractivity contribution in [3.8, 4) is 0 Å². The van der Waals surface area contributed by atoms with Gasteiger partial charge >= 0.3 is 0 Å². The van der Waals surface area contributed by atoms with Crippen LogP contribution in [0.15, 0.2) is 35.2 Å². The van der Waals surface area contributed by atoms with Crippen molar-refractivity contribution in [3.05, 3.63) is 58.1 Å². The molecule has 2 aromatic rings. The van der Waals surface area contributed by atoms with Crippen molar-refractivity contribution < 1.29 is 13.9 Å². The van der Waals surface area contributed by atoms with Crippen LogP contribution >= 0.6 is 15.9 Å². The van der Waals surface area contributed by atoms with Gasteiger partial charge in [0, 0.05) is 16.9 Å². The molecule has 17 heavy (non-hydrogen) atoms. The quantitative estimate of drug-likeness (QED) is 0.927. The summed E-state index contributed by atoms with van der Waals surface area (Å²) in [6.07, 6.45) is 2.53. The van der Waals surface area contributed by atoms with Crippen LogP contribution in [0.1, 0.15) is 17.4 Å². The molecule has 1 N–H and O–H groups in total. The normalized spacial score (nSPS) is 12.5. The molecule has 1 heterocycles. The first-order valence-electron chi connectivity index (χ1n) is 4.68. The molecule has 1 atom stereocenters. The minimum Gasteiger partial charge on any atom is -0.382 e. The Hall–Kier alpha value is -1.40.